The Kier molecular flexibility index (Phi) is 3.91. The molecule has 5 heteroatoms. The topological polar surface area (TPSA) is 12.0 Å². The van der Waals surface area contributed by atoms with E-state index in [0.29, 0.717) is 10.2 Å². The SMILES string of the molecule is Fc1ccc(NCc2c(F)cccc2F)cc1Br. The summed E-state index contributed by atoms with van der Waals surface area (Å²) in [7, 11) is 0. The Balaban J connectivity index is 2.14. The van der Waals surface area contributed by atoms with Gasteiger partial charge in [0.05, 0.1) is 4.47 Å². The van der Waals surface area contributed by atoms with Crippen molar-refractivity contribution in [1.29, 1.82) is 0 Å². The highest BCUT2D eigenvalue weighted by Crippen LogP contribution is 2.21. The predicted molar refractivity (Wildman–Crippen MR) is 67.8 cm³/mol. The summed E-state index contributed by atoms with van der Waals surface area (Å²) in [6.45, 7) is -0.00339. The minimum absolute atomic E-state index is 0.00339. The number of halogens is 4. The summed E-state index contributed by atoms with van der Waals surface area (Å²) in [6.07, 6.45) is 0. The van der Waals surface area contributed by atoms with E-state index in [1.165, 1.54) is 36.4 Å². The molecule has 2 aromatic carbocycles. The van der Waals surface area contributed by atoms with Crippen LogP contribution in [0.3, 0.4) is 0 Å². The summed E-state index contributed by atoms with van der Waals surface area (Å²) in [5, 5.41) is 2.83. The molecule has 0 saturated carbocycles. The van der Waals surface area contributed by atoms with E-state index >= 15 is 0 Å². The van der Waals surface area contributed by atoms with Crippen LogP contribution in [0, 0.1) is 17.5 Å². The summed E-state index contributed by atoms with van der Waals surface area (Å²) in [4.78, 5) is 0. The van der Waals surface area contributed by atoms with Gasteiger partial charge in [0.1, 0.15) is 17.5 Å². The van der Waals surface area contributed by atoms with E-state index in [-0.39, 0.29) is 12.1 Å². The van der Waals surface area contributed by atoms with Crippen molar-refractivity contribution in [2.24, 2.45) is 0 Å². The first kappa shape index (κ1) is 13.0. The molecule has 0 aliphatic carbocycles. The molecule has 0 unspecified atom stereocenters. The largest absolute Gasteiger partial charge is 0.381 e. The maximum atomic E-state index is 13.3. The molecule has 0 bridgehead atoms. The zero-order valence-corrected chi connectivity index (χ0v) is 10.8. The van der Waals surface area contributed by atoms with E-state index in [9.17, 15) is 13.2 Å². The van der Waals surface area contributed by atoms with Crippen molar-refractivity contribution in [2.45, 2.75) is 6.54 Å². The lowest BCUT2D eigenvalue weighted by Gasteiger charge is -2.09. The van der Waals surface area contributed by atoms with Gasteiger partial charge in [0.15, 0.2) is 0 Å². The van der Waals surface area contributed by atoms with Crippen LogP contribution in [0.15, 0.2) is 40.9 Å². The molecule has 0 aliphatic heterocycles. The number of hydrogen-bond donors (Lipinski definition) is 1. The Morgan fingerprint density at radius 1 is 0.944 bits per heavy atom. The van der Waals surface area contributed by atoms with Gasteiger partial charge in [0.25, 0.3) is 0 Å². The van der Waals surface area contributed by atoms with Crippen LogP contribution in [0.5, 0.6) is 0 Å². The summed E-state index contributed by atoms with van der Waals surface area (Å²) in [5.74, 6) is -1.61. The van der Waals surface area contributed by atoms with Gasteiger partial charge in [-0.1, -0.05) is 6.07 Å². The lowest BCUT2D eigenvalue weighted by Crippen LogP contribution is -2.04. The van der Waals surface area contributed by atoms with E-state index in [1.54, 1.807) is 0 Å². The smallest absolute Gasteiger partial charge is 0.137 e. The fraction of sp³-hybridized carbons (Fsp3) is 0.0769. The third-order valence-corrected chi connectivity index (χ3v) is 3.06. The Morgan fingerprint density at radius 3 is 2.22 bits per heavy atom. The summed E-state index contributed by atoms with van der Waals surface area (Å²) >= 11 is 3.04. The van der Waals surface area contributed by atoms with Gasteiger partial charge in [-0.25, -0.2) is 13.2 Å². The van der Waals surface area contributed by atoms with Crippen LogP contribution < -0.4 is 5.32 Å². The lowest BCUT2D eigenvalue weighted by atomic mass is 10.2. The third kappa shape index (κ3) is 2.85. The molecule has 2 rings (SSSR count). The molecule has 2 aromatic rings. The number of hydrogen-bond acceptors (Lipinski definition) is 1. The Morgan fingerprint density at radius 2 is 1.61 bits per heavy atom. The number of anilines is 1. The number of nitrogens with one attached hydrogen (secondary N) is 1. The molecule has 0 saturated heterocycles. The van der Waals surface area contributed by atoms with Crippen molar-refractivity contribution in [1.82, 2.24) is 0 Å². The van der Waals surface area contributed by atoms with Crippen LogP contribution >= 0.6 is 15.9 Å². The first-order valence-electron chi connectivity index (χ1n) is 5.20. The maximum absolute atomic E-state index is 13.3. The fourth-order valence-corrected chi connectivity index (χ4v) is 1.88. The Hall–Kier alpha value is -1.49. The summed E-state index contributed by atoms with van der Waals surface area (Å²) < 4.78 is 40.0. The van der Waals surface area contributed by atoms with Gasteiger partial charge in [0.2, 0.25) is 0 Å². The summed E-state index contributed by atoms with van der Waals surface area (Å²) in [5.41, 5.74) is 0.531. The highest BCUT2D eigenvalue weighted by molar-refractivity contribution is 9.10. The van der Waals surface area contributed by atoms with Crippen molar-refractivity contribution in [3.63, 3.8) is 0 Å². The highest BCUT2D eigenvalue weighted by Gasteiger charge is 2.08. The van der Waals surface area contributed by atoms with Gasteiger partial charge in [-0.3, -0.25) is 0 Å². The second-order valence-electron chi connectivity index (χ2n) is 3.68. The van der Waals surface area contributed by atoms with Crippen molar-refractivity contribution < 1.29 is 13.2 Å². The molecule has 0 aromatic heterocycles. The minimum atomic E-state index is -0.608. The lowest BCUT2D eigenvalue weighted by molar-refractivity contribution is 0.560. The first-order valence-corrected chi connectivity index (χ1v) is 5.99. The van der Waals surface area contributed by atoms with Crippen molar-refractivity contribution in [3.05, 3.63) is 63.9 Å². The molecular formula is C13H9BrF3N. The Labute approximate surface area is 111 Å². The average molecular weight is 316 g/mol. The van der Waals surface area contributed by atoms with E-state index in [0.717, 1.165) is 0 Å². The summed E-state index contributed by atoms with van der Waals surface area (Å²) in [6, 6.07) is 7.97. The van der Waals surface area contributed by atoms with E-state index in [2.05, 4.69) is 21.2 Å². The van der Waals surface area contributed by atoms with Crippen molar-refractivity contribution >= 4 is 21.6 Å². The highest BCUT2D eigenvalue weighted by atomic mass is 79.9. The maximum Gasteiger partial charge on any atom is 0.137 e. The van der Waals surface area contributed by atoms with Gasteiger partial charge >= 0.3 is 0 Å². The van der Waals surface area contributed by atoms with E-state index < -0.39 is 17.5 Å². The second kappa shape index (κ2) is 5.44. The van der Waals surface area contributed by atoms with E-state index in [4.69, 9.17) is 0 Å². The first-order chi connectivity index (χ1) is 8.58. The van der Waals surface area contributed by atoms with Gasteiger partial charge in [-0.05, 0) is 46.3 Å². The number of benzene rings is 2. The molecule has 1 nitrogen and oxygen atoms in total. The standard InChI is InChI=1S/C13H9BrF3N/c14-10-6-8(4-5-13(10)17)18-7-9-11(15)2-1-3-12(9)16/h1-6,18H,7H2. The zero-order chi connectivity index (χ0) is 13.1. The van der Waals surface area contributed by atoms with E-state index in [1.807, 2.05) is 0 Å². The van der Waals surface area contributed by atoms with Crippen LogP contribution in [0.4, 0.5) is 18.9 Å². The van der Waals surface area contributed by atoms with Crippen LogP contribution in [-0.2, 0) is 6.54 Å². The quantitative estimate of drug-likeness (QED) is 0.880. The zero-order valence-electron chi connectivity index (χ0n) is 9.18. The molecule has 0 radical (unpaired) electrons. The molecule has 0 amide bonds. The van der Waals surface area contributed by atoms with Crippen LogP contribution in [0.25, 0.3) is 0 Å². The molecule has 0 atom stereocenters. The second-order valence-corrected chi connectivity index (χ2v) is 4.54. The monoisotopic (exact) mass is 315 g/mol. The molecule has 1 N–H and O–H groups in total. The molecule has 0 fully saturated rings. The average Bonchev–Trinajstić information content (AvgIpc) is 2.33. The molecule has 18 heavy (non-hydrogen) atoms. The molecule has 0 heterocycles. The fourth-order valence-electron chi connectivity index (χ4n) is 1.50. The Bertz CT molecular complexity index is 552. The van der Waals surface area contributed by atoms with Crippen LogP contribution in [0.1, 0.15) is 5.56 Å². The molecular weight excluding hydrogens is 307 g/mol. The van der Waals surface area contributed by atoms with Gasteiger partial charge < -0.3 is 5.32 Å². The van der Waals surface area contributed by atoms with Crippen LogP contribution in [0.2, 0.25) is 0 Å². The van der Waals surface area contributed by atoms with Gasteiger partial charge in [-0.15, -0.1) is 0 Å². The number of rotatable bonds is 3. The minimum Gasteiger partial charge on any atom is -0.381 e. The molecule has 94 valence electrons. The van der Waals surface area contributed by atoms with Crippen molar-refractivity contribution in [3.8, 4) is 0 Å². The van der Waals surface area contributed by atoms with Crippen LogP contribution in [-0.4, -0.2) is 0 Å². The predicted octanol–water partition coefficient (Wildman–Crippen LogP) is 4.48. The molecule has 0 aliphatic rings. The van der Waals surface area contributed by atoms with Crippen molar-refractivity contribution in [2.75, 3.05) is 5.32 Å². The van der Waals surface area contributed by atoms with Gasteiger partial charge in [-0.2, -0.15) is 0 Å². The van der Waals surface area contributed by atoms with Gasteiger partial charge in [0, 0.05) is 17.8 Å². The third-order valence-electron chi connectivity index (χ3n) is 2.45. The normalized spacial score (nSPS) is 10.4. The molecule has 0 spiro atoms.